The van der Waals surface area contributed by atoms with E-state index in [1.807, 2.05) is 43.0 Å². The lowest BCUT2D eigenvalue weighted by Crippen LogP contribution is -2.01. The van der Waals surface area contributed by atoms with Crippen LogP contribution in [0.1, 0.15) is 13.3 Å². The molecule has 8 heteroatoms. The van der Waals surface area contributed by atoms with Gasteiger partial charge in [-0.15, -0.1) is 0 Å². The fraction of sp³-hybridized carbons (Fsp3) is 0.138. The standard InChI is InChI=1S/C29H24N8/c1-16-8-22(16)17(2)33-21-9-20(12-31-13-21)18-5-6-25-23(10-18)28(37-36-25)29-34-26-15-32-14-24(27(26)35-29)19-4-3-7-30-11-19/h3-7,9-16,22,33H,2,8H2,1H3,(H,34,35)(H,36,37). The van der Waals surface area contributed by atoms with Crippen LogP contribution in [0.2, 0.25) is 0 Å². The number of allylic oxidation sites excluding steroid dienone is 1. The van der Waals surface area contributed by atoms with Crippen molar-refractivity contribution in [2.24, 2.45) is 11.8 Å². The van der Waals surface area contributed by atoms with Gasteiger partial charge in [-0.05, 0) is 42.2 Å². The van der Waals surface area contributed by atoms with Gasteiger partial charge in [0.25, 0.3) is 0 Å². The molecule has 5 heterocycles. The van der Waals surface area contributed by atoms with Gasteiger partial charge in [-0.2, -0.15) is 5.10 Å². The van der Waals surface area contributed by atoms with Crippen molar-refractivity contribution in [3.8, 4) is 33.8 Å². The molecule has 0 aliphatic heterocycles. The number of hydrogen-bond acceptors (Lipinski definition) is 6. The first-order chi connectivity index (χ1) is 18.1. The number of pyridine rings is 3. The molecule has 37 heavy (non-hydrogen) atoms. The number of aromatic nitrogens is 7. The highest BCUT2D eigenvalue weighted by atomic mass is 15.1. The zero-order chi connectivity index (χ0) is 24.9. The Morgan fingerprint density at radius 3 is 2.65 bits per heavy atom. The van der Waals surface area contributed by atoms with Crippen molar-refractivity contribution in [1.29, 1.82) is 0 Å². The molecule has 5 aromatic heterocycles. The molecule has 0 saturated heterocycles. The molecule has 1 aliphatic carbocycles. The van der Waals surface area contributed by atoms with E-state index in [0.29, 0.717) is 17.7 Å². The molecule has 0 bridgehead atoms. The summed E-state index contributed by atoms with van der Waals surface area (Å²) in [4.78, 5) is 21.4. The van der Waals surface area contributed by atoms with Crippen LogP contribution in [0.5, 0.6) is 0 Å². The zero-order valence-electron chi connectivity index (χ0n) is 20.2. The third-order valence-electron chi connectivity index (χ3n) is 7.09. The topological polar surface area (TPSA) is 108 Å². The van der Waals surface area contributed by atoms with E-state index in [-0.39, 0.29) is 0 Å². The van der Waals surface area contributed by atoms with Crippen molar-refractivity contribution in [3.05, 3.63) is 85.9 Å². The Hall–Kier alpha value is -4.85. The van der Waals surface area contributed by atoms with Crippen molar-refractivity contribution < 1.29 is 0 Å². The summed E-state index contributed by atoms with van der Waals surface area (Å²) in [5, 5.41) is 12.2. The number of imidazole rings is 1. The molecule has 3 N–H and O–H groups in total. The predicted octanol–water partition coefficient (Wildman–Crippen LogP) is 6.21. The molecule has 8 nitrogen and oxygen atoms in total. The van der Waals surface area contributed by atoms with Gasteiger partial charge in [0.05, 0.1) is 29.1 Å². The van der Waals surface area contributed by atoms with Crippen LogP contribution in [-0.4, -0.2) is 35.1 Å². The van der Waals surface area contributed by atoms with Crippen LogP contribution in [0.25, 0.3) is 55.7 Å². The number of benzene rings is 1. The van der Waals surface area contributed by atoms with Gasteiger partial charge in [0, 0.05) is 58.5 Å². The number of fused-ring (bicyclic) bond motifs is 2. The van der Waals surface area contributed by atoms with Crippen LogP contribution in [0, 0.1) is 11.8 Å². The van der Waals surface area contributed by atoms with Gasteiger partial charge < -0.3 is 10.3 Å². The highest BCUT2D eigenvalue weighted by molar-refractivity contribution is 5.98. The third kappa shape index (κ3) is 3.83. The number of anilines is 1. The van der Waals surface area contributed by atoms with Gasteiger partial charge in [0.2, 0.25) is 0 Å². The summed E-state index contributed by atoms with van der Waals surface area (Å²) in [6.07, 6.45) is 12.1. The molecule has 1 fully saturated rings. The van der Waals surface area contributed by atoms with E-state index in [2.05, 4.69) is 67.2 Å². The van der Waals surface area contributed by atoms with Crippen molar-refractivity contribution in [2.45, 2.75) is 13.3 Å². The largest absolute Gasteiger partial charge is 0.358 e. The van der Waals surface area contributed by atoms with Gasteiger partial charge in [-0.1, -0.05) is 25.6 Å². The minimum Gasteiger partial charge on any atom is -0.358 e. The van der Waals surface area contributed by atoms with E-state index in [9.17, 15) is 0 Å². The first kappa shape index (κ1) is 21.4. The Morgan fingerprint density at radius 2 is 1.81 bits per heavy atom. The van der Waals surface area contributed by atoms with E-state index in [0.717, 1.165) is 61.3 Å². The predicted molar refractivity (Wildman–Crippen MR) is 145 cm³/mol. The smallest absolute Gasteiger partial charge is 0.159 e. The van der Waals surface area contributed by atoms with Crippen LogP contribution in [-0.2, 0) is 0 Å². The summed E-state index contributed by atoms with van der Waals surface area (Å²) < 4.78 is 0. The number of nitrogens with one attached hydrogen (secondary N) is 3. The molecule has 1 aromatic carbocycles. The van der Waals surface area contributed by atoms with Crippen LogP contribution in [0.3, 0.4) is 0 Å². The van der Waals surface area contributed by atoms with Crippen molar-refractivity contribution in [2.75, 3.05) is 5.32 Å². The van der Waals surface area contributed by atoms with Crippen LogP contribution in [0.15, 0.2) is 85.9 Å². The molecule has 0 amide bonds. The summed E-state index contributed by atoms with van der Waals surface area (Å²) in [7, 11) is 0. The van der Waals surface area contributed by atoms with E-state index in [1.165, 1.54) is 6.42 Å². The maximum absolute atomic E-state index is 4.92. The summed E-state index contributed by atoms with van der Waals surface area (Å²) >= 11 is 0. The molecule has 7 rings (SSSR count). The highest BCUT2D eigenvalue weighted by Gasteiger charge is 2.35. The molecular weight excluding hydrogens is 460 g/mol. The van der Waals surface area contributed by atoms with Crippen molar-refractivity contribution >= 4 is 27.6 Å². The molecular formula is C29H24N8. The van der Waals surface area contributed by atoms with Crippen LogP contribution in [0.4, 0.5) is 5.69 Å². The number of H-pyrrole nitrogens is 2. The lowest BCUT2D eigenvalue weighted by atomic mass is 10.0. The quantitative estimate of drug-likeness (QED) is 0.259. The molecule has 180 valence electrons. The molecule has 6 aromatic rings. The highest BCUT2D eigenvalue weighted by Crippen LogP contribution is 2.43. The molecule has 0 radical (unpaired) electrons. The average Bonchev–Trinajstić information content (AvgIpc) is 3.32. The van der Waals surface area contributed by atoms with E-state index in [4.69, 9.17) is 4.98 Å². The minimum atomic E-state index is 0.547. The maximum atomic E-state index is 4.92. The first-order valence-corrected chi connectivity index (χ1v) is 12.3. The Labute approximate surface area is 212 Å². The Morgan fingerprint density at radius 1 is 0.946 bits per heavy atom. The normalized spacial score (nSPS) is 16.8. The first-order valence-electron chi connectivity index (χ1n) is 12.3. The summed E-state index contributed by atoms with van der Waals surface area (Å²) in [6, 6.07) is 12.3. The average molecular weight is 485 g/mol. The Balaban J connectivity index is 1.26. The van der Waals surface area contributed by atoms with Crippen LogP contribution >= 0.6 is 0 Å². The van der Waals surface area contributed by atoms with Crippen LogP contribution < -0.4 is 5.32 Å². The van der Waals surface area contributed by atoms with Gasteiger partial charge >= 0.3 is 0 Å². The van der Waals surface area contributed by atoms with E-state index >= 15 is 0 Å². The van der Waals surface area contributed by atoms with Crippen molar-refractivity contribution in [1.82, 2.24) is 35.1 Å². The second-order valence-corrected chi connectivity index (χ2v) is 9.67. The minimum absolute atomic E-state index is 0.547. The van der Waals surface area contributed by atoms with Gasteiger partial charge in [-0.25, -0.2) is 4.98 Å². The Bertz CT molecular complexity index is 1780. The lowest BCUT2D eigenvalue weighted by molar-refractivity contribution is 0.862. The SMILES string of the molecule is C=C(Nc1cncc(-c2ccc3[nH]nc(-c4nc5c(-c6cccnc6)cncc5[nH]4)c3c2)c1)C1CC1C. The fourth-order valence-corrected chi connectivity index (χ4v) is 4.90. The summed E-state index contributed by atoms with van der Waals surface area (Å²) in [5.41, 5.74) is 9.32. The molecule has 0 spiro atoms. The second kappa shape index (κ2) is 8.37. The van der Waals surface area contributed by atoms with Crippen molar-refractivity contribution in [3.63, 3.8) is 0 Å². The molecule has 1 aliphatic rings. The second-order valence-electron chi connectivity index (χ2n) is 9.67. The lowest BCUT2D eigenvalue weighted by Gasteiger charge is -2.10. The number of hydrogen-bond donors (Lipinski definition) is 3. The number of aromatic amines is 2. The molecule has 1 saturated carbocycles. The summed E-state index contributed by atoms with van der Waals surface area (Å²) in [5.74, 6) is 1.93. The van der Waals surface area contributed by atoms with Gasteiger partial charge in [-0.3, -0.25) is 20.1 Å². The Kier molecular flexibility index (Phi) is 4.85. The van der Waals surface area contributed by atoms with Gasteiger partial charge in [0.15, 0.2) is 5.82 Å². The zero-order valence-corrected chi connectivity index (χ0v) is 20.2. The summed E-state index contributed by atoms with van der Waals surface area (Å²) in [6.45, 7) is 6.47. The monoisotopic (exact) mass is 484 g/mol. The molecule has 2 atom stereocenters. The number of nitrogens with zero attached hydrogens (tertiary/aromatic N) is 5. The fourth-order valence-electron chi connectivity index (χ4n) is 4.90. The van der Waals surface area contributed by atoms with Gasteiger partial charge in [0.1, 0.15) is 11.2 Å². The van der Waals surface area contributed by atoms with E-state index < -0.39 is 0 Å². The molecule has 2 unspecified atom stereocenters. The maximum Gasteiger partial charge on any atom is 0.159 e. The third-order valence-corrected chi connectivity index (χ3v) is 7.09. The van der Waals surface area contributed by atoms with E-state index in [1.54, 1.807) is 12.4 Å². The number of rotatable bonds is 6.